The summed E-state index contributed by atoms with van der Waals surface area (Å²) in [6.45, 7) is 7.54. The highest BCUT2D eigenvalue weighted by molar-refractivity contribution is 5.94. The van der Waals surface area contributed by atoms with E-state index in [0.717, 1.165) is 23.9 Å². The van der Waals surface area contributed by atoms with Crippen molar-refractivity contribution in [1.29, 1.82) is 0 Å². The van der Waals surface area contributed by atoms with Gasteiger partial charge in [-0.05, 0) is 67.1 Å². The average Bonchev–Trinajstić information content (AvgIpc) is 2.67. The van der Waals surface area contributed by atoms with Crippen LogP contribution in [0.5, 0.6) is 0 Å². The summed E-state index contributed by atoms with van der Waals surface area (Å²) in [5, 5.41) is 6.49. The minimum absolute atomic E-state index is 0.140. The van der Waals surface area contributed by atoms with Crippen LogP contribution >= 0.6 is 0 Å². The molecule has 3 aliphatic carbocycles. The van der Waals surface area contributed by atoms with Crippen molar-refractivity contribution in [1.82, 2.24) is 15.0 Å². The zero-order valence-corrected chi connectivity index (χ0v) is 17.2. The Hall–Kier alpha value is -2.90. The van der Waals surface area contributed by atoms with Crippen LogP contribution in [0.3, 0.4) is 0 Å². The smallest absolute Gasteiger partial charge is 0.248 e. The number of fused-ring (bicyclic) bond motifs is 2. The minimum Gasteiger partial charge on any atom is -0.368 e. The first-order valence-electron chi connectivity index (χ1n) is 10.2. The van der Waals surface area contributed by atoms with Gasteiger partial charge in [0.25, 0.3) is 0 Å². The number of primary amides is 1. The minimum atomic E-state index is -0.487. The predicted molar refractivity (Wildman–Crippen MR) is 114 cm³/mol. The largest absolute Gasteiger partial charge is 0.368 e. The highest BCUT2D eigenvalue weighted by atomic mass is 16.1. The number of nitrogens with zero attached hydrogens (tertiary/aromatic N) is 3. The van der Waals surface area contributed by atoms with Gasteiger partial charge in [0, 0.05) is 17.8 Å². The van der Waals surface area contributed by atoms with Gasteiger partial charge in [-0.1, -0.05) is 19.9 Å². The van der Waals surface area contributed by atoms with E-state index in [1.807, 2.05) is 13.0 Å². The lowest BCUT2D eigenvalue weighted by Crippen LogP contribution is -2.53. The van der Waals surface area contributed by atoms with Gasteiger partial charge in [-0.15, -0.1) is 0 Å². The molecule has 2 aromatic rings. The topological polar surface area (TPSA) is 132 Å². The molecule has 3 aliphatic rings. The molecular formula is C21H29N7O. The Morgan fingerprint density at radius 3 is 2.66 bits per heavy atom. The molecular weight excluding hydrogens is 366 g/mol. The Morgan fingerprint density at radius 1 is 1.21 bits per heavy atom. The van der Waals surface area contributed by atoms with E-state index in [2.05, 4.69) is 39.4 Å². The van der Waals surface area contributed by atoms with Gasteiger partial charge < -0.3 is 22.1 Å². The van der Waals surface area contributed by atoms with Crippen molar-refractivity contribution in [3.63, 3.8) is 0 Å². The van der Waals surface area contributed by atoms with Gasteiger partial charge >= 0.3 is 0 Å². The third-order valence-electron chi connectivity index (χ3n) is 6.94. The number of aryl methyl sites for hydroxylation is 1. The highest BCUT2D eigenvalue weighted by Crippen LogP contribution is 2.61. The van der Waals surface area contributed by atoms with E-state index < -0.39 is 5.91 Å². The summed E-state index contributed by atoms with van der Waals surface area (Å²) < 4.78 is 0. The fraction of sp³-hybridized carbons (Fsp3) is 0.524. The summed E-state index contributed by atoms with van der Waals surface area (Å²) in [5.41, 5.74) is 13.8. The normalized spacial score (nSPS) is 24.4. The maximum absolute atomic E-state index is 11.5. The molecule has 1 aromatic carbocycles. The second kappa shape index (κ2) is 7.17. The van der Waals surface area contributed by atoms with Crippen molar-refractivity contribution >= 4 is 29.4 Å². The first kappa shape index (κ1) is 19.4. The highest BCUT2D eigenvalue weighted by Gasteiger charge is 2.53. The van der Waals surface area contributed by atoms with Crippen LogP contribution in [0.25, 0.3) is 0 Å². The third-order valence-corrected chi connectivity index (χ3v) is 6.94. The van der Waals surface area contributed by atoms with Crippen molar-refractivity contribution in [3.05, 3.63) is 29.3 Å². The summed E-state index contributed by atoms with van der Waals surface area (Å²) in [7, 11) is 0. The van der Waals surface area contributed by atoms with Crippen molar-refractivity contribution < 1.29 is 4.79 Å². The molecule has 2 bridgehead atoms. The first-order chi connectivity index (χ1) is 13.7. The standard InChI is InChI=1S/C21H29N7O/c1-11-4-5-12(17(22)29)8-16(11)25-20-27-18(23)26-19(28-20)24-10-13-6-7-14-9-15(13)21(14,2)3/h4-5,8,13-15H,6-7,9-10H2,1-3H3,(H2,22,29)(H4,23,24,25,26,27,28)/t13-,14-,15-/m0/s1. The number of carbonyl (C=O) groups excluding carboxylic acids is 1. The Balaban J connectivity index is 1.47. The molecule has 0 aliphatic heterocycles. The number of aromatic nitrogens is 3. The Kier molecular flexibility index (Phi) is 4.80. The molecule has 0 saturated heterocycles. The third kappa shape index (κ3) is 3.71. The van der Waals surface area contributed by atoms with E-state index in [4.69, 9.17) is 11.5 Å². The van der Waals surface area contributed by atoms with Gasteiger partial charge in [-0.25, -0.2) is 0 Å². The molecule has 154 valence electrons. The molecule has 3 atom stereocenters. The van der Waals surface area contributed by atoms with Gasteiger partial charge in [0.1, 0.15) is 0 Å². The van der Waals surface area contributed by atoms with Crippen LogP contribution in [0.2, 0.25) is 0 Å². The number of amides is 1. The van der Waals surface area contributed by atoms with E-state index in [9.17, 15) is 4.79 Å². The quantitative estimate of drug-likeness (QED) is 0.591. The molecule has 1 amide bonds. The number of carbonyl (C=O) groups is 1. The van der Waals surface area contributed by atoms with Crippen LogP contribution in [0.4, 0.5) is 23.5 Å². The molecule has 3 fully saturated rings. The van der Waals surface area contributed by atoms with Gasteiger partial charge in [-0.3, -0.25) is 4.79 Å². The molecule has 29 heavy (non-hydrogen) atoms. The Labute approximate surface area is 170 Å². The summed E-state index contributed by atoms with van der Waals surface area (Å²) in [6, 6.07) is 5.19. The number of nitrogens with one attached hydrogen (secondary N) is 2. The van der Waals surface area contributed by atoms with Gasteiger partial charge in [0.2, 0.25) is 23.8 Å². The lowest BCUT2D eigenvalue weighted by Gasteiger charge is -2.60. The van der Waals surface area contributed by atoms with Crippen LogP contribution in [-0.4, -0.2) is 27.4 Å². The maximum Gasteiger partial charge on any atom is 0.248 e. The molecule has 5 rings (SSSR count). The number of hydrogen-bond donors (Lipinski definition) is 4. The number of anilines is 4. The number of hydrogen-bond acceptors (Lipinski definition) is 7. The fourth-order valence-corrected chi connectivity index (χ4v) is 4.99. The monoisotopic (exact) mass is 395 g/mol. The zero-order chi connectivity index (χ0) is 20.8. The molecule has 8 heteroatoms. The van der Waals surface area contributed by atoms with Gasteiger partial charge in [0.15, 0.2) is 0 Å². The molecule has 6 N–H and O–H groups in total. The maximum atomic E-state index is 11.5. The number of rotatable bonds is 6. The Morgan fingerprint density at radius 2 is 1.97 bits per heavy atom. The van der Waals surface area contributed by atoms with Crippen LogP contribution in [-0.2, 0) is 0 Å². The van der Waals surface area contributed by atoms with E-state index in [-0.39, 0.29) is 5.95 Å². The van der Waals surface area contributed by atoms with Crippen molar-refractivity contribution in [2.45, 2.75) is 40.0 Å². The fourth-order valence-electron chi connectivity index (χ4n) is 4.99. The molecule has 0 spiro atoms. The summed E-state index contributed by atoms with van der Waals surface area (Å²) in [6.07, 6.45) is 3.88. The van der Waals surface area contributed by atoms with Crippen LogP contribution in [0.15, 0.2) is 18.2 Å². The zero-order valence-electron chi connectivity index (χ0n) is 17.2. The SMILES string of the molecule is Cc1ccc(C(N)=O)cc1Nc1nc(N)nc(NC[C@@H]2CC[C@H]3C[C@@H]2C3(C)C)n1. The lowest BCUT2D eigenvalue weighted by atomic mass is 9.45. The molecule has 3 saturated carbocycles. The Bertz CT molecular complexity index is 941. The number of benzene rings is 1. The van der Waals surface area contributed by atoms with E-state index in [1.54, 1.807) is 12.1 Å². The van der Waals surface area contributed by atoms with E-state index in [0.29, 0.717) is 34.5 Å². The first-order valence-corrected chi connectivity index (χ1v) is 10.2. The van der Waals surface area contributed by atoms with E-state index in [1.165, 1.54) is 19.3 Å². The molecule has 0 radical (unpaired) electrons. The number of nitrogens with two attached hydrogens (primary N) is 2. The van der Waals surface area contributed by atoms with Gasteiger partial charge in [-0.2, -0.15) is 15.0 Å². The predicted octanol–water partition coefficient (Wildman–Crippen LogP) is 3.09. The molecule has 0 unspecified atom stereocenters. The van der Waals surface area contributed by atoms with Crippen molar-refractivity contribution in [2.24, 2.45) is 28.9 Å². The van der Waals surface area contributed by atoms with Gasteiger partial charge in [0.05, 0.1) is 0 Å². The molecule has 8 nitrogen and oxygen atoms in total. The molecule has 1 aromatic heterocycles. The summed E-state index contributed by atoms with van der Waals surface area (Å²) in [4.78, 5) is 24.3. The van der Waals surface area contributed by atoms with Crippen LogP contribution < -0.4 is 22.1 Å². The summed E-state index contributed by atoms with van der Waals surface area (Å²) in [5.74, 6) is 2.70. The van der Waals surface area contributed by atoms with Crippen molar-refractivity contribution in [3.8, 4) is 0 Å². The summed E-state index contributed by atoms with van der Waals surface area (Å²) >= 11 is 0. The molecule has 1 heterocycles. The van der Waals surface area contributed by atoms with E-state index >= 15 is 0 Å². The lowest BCUT2D eigenvalue weighted by molar-refractivity contribution is -0.100. The average molecular weight is 396 g/mol. The second-order valence-electron chi connectivity index (χ2n) is 8.94. The van der Waals surface area contributed by atoms with Crippen LogP contribution in [0.1, 0.15) is 49.0 Å². The second-order valence-corrected chi connectivity index (χ2v) is 8.94. The van der Waals surface area contributed by atoms with Crippen LogP contribution in [0, 0.1) is 30.1 Å². The van der Waals surface area contributed by atoms with Crippen molar-refractivity contribution in [2.75, 3.05) is 22.9 Å². The number of nitrogen functional groups attached to an aromatic ring is 1.